The standard InChI is InChI=1S/C14H18FNO4S/c15-11-4-3-6-13(10-11)21(19,20)16-9-2-1-5-12(16)7-8-14(17)18/h3-4,6,10,12H,1-2,5,7-9H2,(H,17,18). The third-order valence-corrected chi connectivity index (χ3v) is 5.62. The molecule has 2 rings (SSSR count). The SMILES string of the molecule is O=C(O)CCC1CCCCN1S(=O)(=O)c1cccc(F)c1. The number of nitrogens with zero attached hydrogens (tertiary/aromatic N) is 1. The zero-order chi connectivity index (χ0) is 15.5. The van der Waals surface area contributed by atoms with Crippen molar-refractivity contribution in [3.63, 3.8) is 0 Å². The molecule has 0 spiro atoms. The Kier molecular flexibility index (Phi) is 4.95. The number of piperidine rings is 1. The molecule has 7 heteroatoms. The smallest absolute Gasteiger partial charge is 0.303 e. The van der Waals surface area contributed by atoms with E-state index in [4.69, 9.17) is 5.11 Å². The van der Waals surface area contributed by atoms with Crippen molar-refractivity contribution in [2.75, 3.05) is 6.54 Å². The minimum atomic E-state index is -3.78. The lowest BCUT2D eigenvalue weighted by Crippen LogP contribution is -2.43. The van der Waals surface area contributed by atoms with Crippen molar-refractivity contribution >= 4 is 16.0 Å². The molecule has 0 amide bonds. The molecule has 1 heterocycles. The zero-order valence-corrected chi connectivity index (χ0v) is 12.4. The first-order valence-corrected chi connectivity index (χ1v) is 8.34. The fourth-order valence-electron chi connectivity index (χ4n) is 2.63. The van der Waals surface area contributed by atoms with Crippen LogP contribution in [0, 0.1) is 5.82 Å². The minimum absolute atomic E-state index is 0.0696. The van der Waals surface area contributed by atoms with E-state index in [0.29, 0.717) is 13.0 Å². The van der Waals surface area contributed by atoms with Gasteiger partial charge < -0.3 is 5.11 Å². The molecule has 1 unspecified atom stereocenters. The largest absolute Gasteiger partial charge is 0.481 e. The Labute approximate surface area is 123 Å². The maximum atomic E-state index is 13.3. The molecule has 1 atom stereocenters. The van der Waals surface area contributed by atoms with E-state index in [9.17, 15) is 17.6 Å². The van der Waals surface area contributed by atoms with Gasteiger partial charge in [-0.1, -0.05) is 12.5 Å². The molecule has 0 aliphatic carbocycles. The maximum absolute atomic E-state index is 13.3. The van der Waals surface area contributed by atoms with Crippen molar-refractivity contribution in [2.45, 2.75) is 43.0 Å². The molecule has 21 heavy (non-hydrogen) atoms. The predicted octanol–water partition coefficient (Wildman–Crippen LogP) is 2.23. The fraction of sp³-hybridized carbons (Fsp3) is 0.500. The molecule has 0 saturated carbocycles. The van der Waals surface area contributed by atoms with E-state index < -0.39 is 21.8 Å². The number of benzene rings is 1. The lowest BCUT2D eigenvalue weighted by atomic mass is 10.0. The van der Waals surface area contributed by atoms with Crippen LogP contribution in [0.15, 0.2) is 29.2 Å². The number of hydrogen-bond donors (Lipinski definition) is 1. The van der Waals surface area contributed by atoms with Crippen LogP contribution in [0.4, 0.5) is 4.39 Å². The number of carboxylic acid groups (broad SMARTS) is 1. The molecule has 0 aromatic heterocycles. The van der Waals surface area contributed by atoms with Gasteiger partial charge in [0, 0.05) is 19.0 Å². The van der Waals surface area contributed by atoms with Gasteiger partial charge in [-0.25, -0.2) is 12.8 Å². The Morgan fingerprint density at radius 2 is 2.14 bits per heavy atom. The molecule has 1 aliphatic rings. The average Bonchev–Trinajstić information content (AvgIpc) is 2.45. The second-order valence-corrected chi connectivity index (χ2v) is 7.05. The van der Waals surface area contributed by atoms with E-state index in [-0.39, 0.29) is 23.8 Å². The Balaban J connectivity index is 2.25. The van der Waals surface area contributed by atoms with E-state index in [2.05, 4.69) is 0 Å². The summed E-state index contributed by atoms with van der Waals surface area (Å²) in [4.78, 5) is 10.6. The summed E-state index contributed by atoms with van der Waals surface area (Å²) in [5.74, 6) is -1.54. The van der Waals surface area contributed by atoms with Gasteiger partial charge in [0.1, 0.15) is 5.82 Å². The summed E-state index contributed by atoms with van der Waals surface area (Å²) in [6.07, 6.45) is 2.46. The molecule has 0 bridgehead atoms. The second kappa shape index (κ2) is 6.53. The summed E-state index contributed by atoms with van der Waals surface area (Å²) in [6.45, 7) is 0.350. The molecule has 1 aliphatic heterocycles. The number of sulfonamides is 1. The van der Waals surface area contributed by atoms with Gasteiger partial charge in [0.05, 0.1) is 4.90 Å². The number of hydrogen-bond acceptors (Lipinski definition) is 3. The third-order valence-electron chi connectivity index (χ3n) is 3.67. The highest BCUT2D eigenvalue weighted by molar-refractivity contribution is 7.89. The summed E-state index contributed by atoms with van der Waals surface area (Å²) in [7, 11) is -3.78. The first-order chi connectivity index (χ1) is 9.91. The van der Waals surface area contributed by atoms with E-state index in [1.165, 1.54) is 22.5 Å². The van der Waals surface area contributed by atoms with Crippen LogP contribution in [0.3, 0.4) is 0 Å². The van der Waals surface area contributed by atoms with Gasteiger partial charge in [-0.2, -0.15) is 4.31 Å². The summed E-state index contributed by atoms with van der Waals surface area (Å²) in [6, 6.07) is 4.58. The first kappa shape index (κ1) is 15.9. The van der Waals surface area contributed by atoms with Crippen LogP contribution in [0.1, 0.15) is 32.1 Å². The Morgan fingerprint density at radius 1 is 1.38 bits per heavy atom. The molecule has 1 N–H and O–H groups in total. The van der Waals surface area contributed by atoms with Gasteiger partial charge in [0.15, 0.2) is 0 Å². The van der Waals surface area contributed by atoms with E-state index >= 15 is 0 Å². The molecule has 1 aromatic rings. The summed E-state index contributed by atoms with van der Waals surface area (Å²) in [5, 5.41) is 8.77. The highest BCUT2D eigenvalue weighted by Crippen LogP contribution is 2.28. The molecule has 1 fully saturated rings. The van der Waals surface area contributed by atoms with Crippen molar-refractivity contribution in [3.8, 4) is 0 Å². The minimum Gasteiger partial charge on any atom is -0.481 e. The maximum Gasteiger partial charge on any atom is 0.303 e. The van der Waals surface area contributed by atoms with Crippen LogP contribution < -0.4 is 0 Å². The topological polar surface area (TPSA) is 74.7 Å². The Morgan fingerprint density at radius 3 is 2.81 bits per heavy atom. The Bertz CT molecular complexity index is 617. The monoisotopic (exact) mass is 315 g/mol. The van der Waals surface area contributed by atoms with Crippen LogP contribution >= 0.6 is 0 Å². The van der Waals surface area contributed by atoms with Crippen molar-refractivity contribution in [2.24, 2.45) is 0 Å². The van der Waals surface area contributed by atoms with E-state index in [1.54, 1.807) is 0 Å². The molecule has 116 valence electrons. The van der Waals surface area contributed by atoms with Crippen LogP contribution in [0.2, 0.25) is 0 Å². The van der Waals surface area contributed by atoms with Crippen LogP contribution in [-0.2, 0) is 14.8 Å². The highest BCUT2D eigenvalue weighted by atomic mass is 32.2. The third kappa shape index (κ3) is 3.79. The molecule has 5 nitrogen and oxygen atoms in total. The van der Waals surface area contributed by atoms with Crippen molar-refractivity contribution in [3.05, 3.63) is 30.1 Å². The quantitative estimate of drug-likeness (QED) is 0.904. The predicted molar refractivity (Wildman–Crippen MR) is 74.8 cm³/mol. The summed E-state index contributed by atoms with van der Waals surface area (Å²) < 4.78 is 39.8. The second-order valence-electron chi connectivity index (χ2n) is 5.16. The Hall–Kier alpha value is -1.47. The number of carbonyl (C=O) groups is 1. The van der Waals surface area contributed by atoms with Gasteiger partial charge in [0.2, 0.25) is 10.0 Å². The van der Waals surface area contributed by atoms with Gasteiger partial charge >= 0.3 is 5.97 Å². The zero-order valence-electron chi connectivity index (χ0n) is 11.5. The highest BCUT2D eigenvalue weighted by Gasteiger charge is 2.33. The molecular formula is C14H18FNO4S. The van der Waals surface area contributed by atoms with Crippen molar-refractivity contribution < 1.29 is 22.7 Å². The number of carboxylic acids is 1. The molecule has 1 saturated heterocycles. The lowest BCUT2D eigenvalue weighted by molar-refractivity contribution is -0.137. The summed E-state index contributed by atoms with van der Waals surface area (Å²) in [5.41, 5.74) is 0. The van der Waals surface area contributed by atoms with Crippen molar-refractivity contribution in [1.29, 1.82) is 0 Å². The number of aliphatic carboxylic acids is 1. The van der Waals surface area contributed by atoms with Gasteiger partial charge in [0.25, 0.3) is 0 Å². The average molecular weight is 315 g/mol. The van der Waals surface area contributed by atoms with Crippen LogP contribution in [-0.4, -0.2) is 36.4 Å². The fourth-order valence-corrected chi connectivity index (χ4v) is 4.39. The lowest BCUT2D eigenvalue weighted by Gasteiger charge is -2.34. The molecular weight excluding hydrogens is 297 g/mol. The number of rotatable bonds is 5. The normalized spacial score (nSPS) is 20.3. The molecule has 0 radical (unpaired) electrons. The summed E-state index contributed by atoms with van der Waals surface area (Å²) >= 11 is 0. The van der Waals surface area contributed by atoms with Gasteiger partial charge in [-0.05, 0) is 37.5 Å². The van der Waals surface area contributed by atoms with E-state index in [1.807, 2.05) is 0 Å². The number of halogens is 1. The molecule has 1 aromatic carbocycles. The van der Waals surface area contributed by atoms with Gasteiger partial charge in [-0.3, -0.25) is 4.79 Å². The van der Waals surface area contributed by atoms with Crippen LogP contribution in [0.5, 0.6) is 0 Å². The van der Waals surface area contributed by atoms with Crippen molar-refractivity contribution in [1.82, 2.24) is 4.31 Å². The van der Waals surface area contributed by atoms with Crippen LogP contribution in [0.25, 0.3) is 0 Å². The van der Waals surface area contributed by atoms with Gasteiger partial charge in [-0.15, -0.1) is 0 Å². The first-order valence-electron chi connectivity index (χ1n) is 6.90. The van der Waals surface area contributed by atoms with E-state index in [0.717, 1.165) is 18.9 Å².